The molecule has 0 heterocycles. The minimum Gasteiger partial charge on any atom is -0.478 e. The first kappa shape index (κ1) is 20.4. The molecule has 4 rings (SSSR count). The van der Waals surface area contributed by atoms with E-state index < -0.39 is 5.97 Å². The molecule has 0 amide bonds. The SMILES string of the molecule is COCc1cc2ccccc2c(Oc2ccc(C=CC(=O)O)cc2)c1-c1ccccc1. The van der Waals surface area contributed by atoms with Crippen molar-refractivity contribution in [3.05, 3.63) is 102 Å². The van der Waals surface area contributed by atoms with E-state index >= 15 is 0 Å². The number of rotatable bonds is 7. The van der Waals surface area contributed by atoms with E-state index in [1.165, 1.54) is 0 Å². The lowest BCUT2D eigenvalue weighted by molar-refractivity contribution is -0.131. The summed E-state index contributed by atoms with van der Waals surface area (Å²) in [4.78, 5) is 10.7. The van der Waals surface area contributed by atoms with Gasteiger partial charge in [-0.25, -0.2) is 4.79 Å². The fraction of sp³-hybridized carbons (Fsp3) is 0.0741. The average molecular weight is 410 g/mol. The van der Waals surface area contributed by atoms with Gasteiger partial charge in [-0.1, -0.05) is 66.7 Å². The van der Waals surface area contributed by atoms with Gasteiger partial charge in [-0.05, 0) is 46.4 Å². The van der Waals surface area contributed by atoms with Crippen LogP contribution in [0, 0.1) is 0 Å². The molecule has 154 valence electrons. The smallest absolute Gasteiger partial charge is 0.328 e. The van der Waals surface area contributed by atoms with E-state index in [1.54, 1.807) is 13.2 Å². The largest absolute Gasteiger partial charge is 0.478 e. The van der Waals surface area contributed by atoms with E-state index in [-0.39, 0.29) is 0 Å². The summed E-state index contributed by atoms with van der Waals surface area (Å²) >= 11 is 0. The van der Waals surface area contributed by atoms with E-state index in [9.17, 15) is 4.79 Å². The highest BCUT2D eigenvalue weighted by Crippen LogP contribution is 2.42. The maximum Gasteiger partial charge on any atom is 0.328 e. The number of benzene rings is 4. The van der Waals surface area contributed by atoms with Crippen LogP contribution in [-0.4, -0.2) is 18.2 Å². The number of hydrogen-bond acceptors (Lipinski definition) is 3. The summed E-state index contributed by atoms with van der Waals surface area (Å²) in [6.07, 6.45) is 2.67. The van der Waals surface area contributed by atoms with Crippen LogP contribution in [0.25, 0.3) is 28.0 Å². The van der Waals surface area contributed by atoms with Crippen LogP contribution in [0.4, 0.5) is 0 Å². The van der Waals surface area contributed by atoms with Gasteiger partial charge in [0.05, 0.1) is 6.61 Å². The van der Waals surface area contributed by atoms with Crippen LogP contribution in [0.2, 0.25) is 0 Å². The van der Waals surface area contributed by atoms with Gasteiger partial charge >= 0.3 is 5.97 Å². The Morgan fingerprint density at radius 1 is 0.935 bits per heavy atom. The quantitative estimate of drug-likeness (QED) is 0.351. The van der Waals surface area contributed by atoms with E-state index in [4.69, 9.17) is 14.6 Å². The maximum atomic E-state index is 10.7. The Hall–Kier alpha value is -3.89. The van der Waals surface area contributed by atoms with E-state index in [0.717, 1.165) is 44.9 Å². The van der Waals surface area contributed by atoms with Gasteiger partial charge in [0.15, 0.2) is 0 Å². The van der Waals surface area contributed by atoms with Crippen molar-refractivity contribution in [2.75, 3.05) is 7.11 Å². The van der Waals surface area contributed by atoms with Crippen molar-refractivity contribution in [1.29, 1.82) is 0 Å². The topological polar surface area (TPSA) is 55.8 Å². The number of aliphatic carboxylic acids is 1. The highest BCUT2D eigenvalue weighted by atomic mass is 16.5. The Bertz CT molecular complexity index is 1230. The second kappa shape index (κ2) is 9.28. The predicted octanol–water partition coefficient (Wildman–Crippen LogP) is 6.54. The molecular formula is C27H22O4. The van der Waals surface area contributed by atoms with Crippen molar-refractivity contribution in [3.63, 3.8) is 0 Å². The van der Waals surface area contributed by atoms with Crippen molar-refractivity contribution < 1.29 is 19.4 Å². The normalized spacial score (nSPS) is 11.1. The summed E-state index contributed by atoms with van der Waals surface area (Å²) < 4.78 is 11.9. The van der Waals surface area contributed by atoms with E-state index in [2.05, 4.69) is 30.3 Å². The first-order chi connectivity index (χ1) is 15.2. The standard InChI is InChI=1S/C27H22O4/c1-30-18-22-17-21-9-5-6-10-24(21)27(26(22)20-7-3-2-4-8-20)31-23-14-11-19(12-15-23)13-16-25(28)29/h2-17H,18H2,1H3,(H,28,29). The Morgan fingerprint density at radius 2 is 1.65 bits per heavy atom. The average Bonchev–Trinajstić information content (AvgIpc) is 2.79. The van der Waals surface area contributed by atoms with Crippen LogP contribution in [0.5, 0.6) is 11.5 Å². The second-order valence-electron chi connectivity index (χ2n) is 7.10. The number of carboxylic acid groups (broad SMARTS) is 1. The van der Waals surface area contributed by atoms with Crippen molar-refractivity contribution in [1.82, 2.24) is 0 Å². The summed E-state index contributed by atoms with van der Waals surface area (Å²) in [6.45, 7) is 0.463. The number of fused-ring (bicyclic) bond motifs is 1. The molecule has 0 aromatic heterocycles. The third kappa shape index (κ3) is 4.65. The highest BCUT2D eigenvalue weighted by molar-refractivity contribution is 5.97. The molecule has 4 aromatic carbocycles. The van der Waals surface area contributed by atoms with Crippen LogP contribution in [0.3, 0.4) is 0 Å². The molecule has 0 spiro atoms. The van der Waals surface area contributed by atoms with Crippen molar-refractivity contribution in [2.45, 2.75) is 6.61 Å². The Kier molecular flexibility index (Phi) is 6.11. The zero-order chi connectivity index (χ0) is 21.6. The lowest BCUT2D eigenvalue weighted by Crippen LogP contribution is -1.98. The lowest BCUT2D eigenvalue weighted by atomic mass is 9.94. The molecule has 4 nitrogen and oxygen atoms in total. The molecule has 0 saturated heterocycles. The minimum absolute atomic E-state index is 0.463. The number of carbonyl (C=O) groups is 1. The van der Waals surface area contributed by atoms with Crippen molar-refractivity contribution in [3.8, 4) is 22.6 Å². The molecule has 0 aliphatic rings. The summed E-state index contributed by atoms with van der Waals surface area (Å²) in [7, 11) is 1.69. The van der Waals surface area contributed by atoms with Gasteiger partial charge in [-0.2, -0.15) is 0 Å². The van der Waals surface area contributed by atoms with E-state index in [0.29, 0.717) is 12.4 Å². The van der Waals surface area contributed by atoms with Crippen LogP contribution < -0.4 is 4.74 Å². The zero-order valence-electron chi connectivity index (χ0n) is 17.1. The Balaban J connectivity index is 1.84. The second-order valence-corrected chi connectivity index (χ2v) is 7.10. The van der Waals surface area contributed by atoms with Crippen molar-refractivity contribution >= 4 is 22.8 Å². The minimum atomic E-state index is -0.978. The summed E-state index contributed by atoms with van der Waals surface area (Å²) in [5, 5.41) is 10.9. The molecule has 4 heteroatoms. The number of carboxylic acids is 1. The Morgan fingerprint density at radius 3 is 2.35 bits per heavy atom. The third-order valence-corrected chi connectivity index (χ3v) is 4.96. The molecule has 0 atom stereocenters. The number of methoxy groups -OCH3 is 1. The van der Waals surface area contributed by atoms with Gasteiger partial charge in [0.1, 0.15) is 11.5 Å². The number of hydrogen-bond donors (Lipinski definition) is 1. The molecule has 31 heavy (non-hydrogen) atoms. The number of ether oxygens (including phenoxy) is 2. The van der Waals surface area contributed by atoms with Gasteiger partial charge in [-0.3, -0.25) is 0 Å². The van der Waals surface area contributed by atoms with Gasteiger partial charge in [0.25, 0.3) is 0 Å². The molecule has 0 bridgehead atoms. The Labute approximate surface area is 181 Å². The molecule has 0 saturated carbocycles. The summed E-state index contributed by atoms with van der Waals surface area (Å²) in [6, 6.07) is 27.8. The van der Waals surface area contributed by atoms with Crippen LogP contribution in [0.1, 0.15) is 11.1 Å². The van der Waals surface area contributed by atoms with Gasteiger partial charge in [-0.15, -0.1) is 0 Å². The van der Waals surface area contributed by atoms with Gasteiger partial charge < -0.3 is 14.6 Å². The molecule has 0 unspecified atom stereocenters. The molecule has 0 aliphatic carbocycles. The molecule has 1 N–H and O–H groups in total. The molecule has 0 aliphatic heterocycles. The zero-order valence-corrected chi connectivity index (χ0v) is 17.1. The fourth-order valence-electron chi connectivity index (χ4n) is 3.60. The predicted molar refractivity (Wildman–Crippen MR) is 123 cm³/mol. The molecule has 0 radical (unpaired) electrons. The summed E-state index contributed by atoms with van der Waals surface area (Å²) in [5.41, 5.74) is 3.88. The lowest BCUT2D eigenvalue weighted by Gasteiger charge is -2.19. The van der Waals surface area contributed by atoms with Gasteiger partial charge in [0.2, 0.25) is 0 Å². The van der Waals surface area contributed by atoms with Gasteiger partial charge in [0, 0.05) is 24.1 Å². The molecular weight excluding hydrogens is 388 g/mol. The molecule has 4 aromatic rings. The maximum absolute atomic E-state index is 10.7. The first-order valence-electron chi connectivity index (χ1n) is 9.93. The van der Waals surface area contributed by atoms with Crippen LogP contribution in [-0.2, 0) is 16.1 Å². The monoisotopic (exact) mass is 410 g/mol. The highest BCUT2D eigenvalue weighted by Gasteiger charge is 2.17. The van der Waals surface area contributed by atoms with Crippen LogP contribution >= 0.6 is 0 Å². The van der Waals surface area contributed by atoms with Crippen molar-refractivity contribution in [2.24, 2.45) is 0 Å². The van der Waals surface area contributed by atoms with E-state index in [1.807, 2.05) is 54.6 Å². The third-order valence-electron chi connectivity index (χ3n) is 4.96. The van der Waals surface area contributed by atoms with Crippen LogP contribution in [0.15, 0.2) is 91.0 Å². The molecule has 0 fully saturated rings. The first-order valence-corrected chi connectivity index (χ1v) is 9.93. The fourth-order valence-corrected chi connectivity index (χ4v) is 3.60. The summed E-state index contributed by atoms with van der Waals surface area (Å²) in [5.74, 6) is 0.462.